The number of rotatable bonds is 6. The SMILES string of the molecule is CC(C)CC(O)(CNc1cccc2nc(CO)ccc12)C(F)(F)F. The van der Waals surface area contributed by atoms with Crippen molar-refractivity contribution in [1.29, 1.82) is 0 Å². The predicted octanol–water partition coefficient (Wildman–Crippen LogP) is 3.48. The molecule has 0 amide bonds. The first-order chi connectivity index (χ1) is 11.2. The van der Waals surface area contributed by atoms with Crippen molar-refractivity contribution in [2.75, 3.05) is 11.9 Å². The van der Waals surface area contributed by atoms with Crippen LogP contribution in [0.25, 0.3) is 10.9 Å². The van der Waals surface area contributed by atoms with Crippen LogP contribution in [0.2, 0.25) is 0 Å². The van der Waals surface area contributed by atoms with Gasteiger partial charge in [-0.1, -0.05) is 19.9 Å². The van der Waals surface area contributed by atoms with Crippen molar-refractivity contribution in [3.05, 3.63) is 36.0 Å². The Bertz CT molecular complexity index is 704. The number of halogens is 3. The van der Waals surface area contributed by atoms with Gasteiger partial charge in [-0.2, -0.15) is 13.2 Å². The quantitative estimate of drug-likeness (QED) is 0.752. The number of nitrogens with zero attached hydrogens (tertiary/aromatic N) is 1. The van der Waals surface area contributed by atoms with E-state index in [1.807, 2.05) is 0 Å². The average molecular weight is 342 g/mol. The van der Waals surface area contributed by atoms with E-state index in [1.165, 1.54) is 0 Å². The highest BCUT2D eigenvalue weighted by Crippen LogP contribution is 2.36. The molecule has 0 bridgehead atoms. The fraction of sp³-hybridized carbons (Fsp3) is 0.471. The summed E-state index contributed by atoms with van der Waals surface area (Å²) >= 11 is 0. The third kappa shape index (κ3) is 3.96. The van der Waals surface area contributed by atoms with Gasteiger partial charge in [0.2, 0.25) is 0 Å². The minimum absolute atomic E-state index is 0.212. The molecule has 1 aromatic heterocycles. The van der Waals surface area contributed by atoms with Crippen LogP contribution in [-0.2, 0) is 6.61 Å². The third-order valence-corrected chi connectivity index (χ3v) is 3.80. The number of nitrogens with one attached hydrogen (secondary N) is 1. The number of hydrogen-bond acceptors (Lipinski definition) is 4. The van der Waals surface area contributed by atoms with Gasteiger partial charge in [-0.15, -0.1) is 0 Å². The molecule has 2 aromatic rings. The maximum Gasteiger partial charge on any atom is 0.418 e. The van der Waals surface area contributed by atoms with E-state index in [-0.39, 0.29) is 18.9 Å². The summed E-state index contributed by atoms with van der Waals surface area (Å²) in [5, 5.41) is 22.5. The summed E-state index contributed by atoms with van der Waals surface area (Å²) in [5.41, 5.74) is -1.31. The van der Waals surface area contributed by atoms with Gasteiger partial charge in [0.05, 0.1) is 24.4 Å². The second-order valence-electron chi connectivity index (χ2n) is 6.31. The Balaban J connectivity index is 2.28. The van der Waals surface area contributed by atoms with Crippen molar-refractivity contribution in [1.82, 2.24) is 4.98 Å². The van der Waals surface area contributed by atoms with Crippen molar-refractivity contribution in [3.63, 3.8) is 0 Å². The van der Waals surface area contributed by atoms with Crippen LogP contribution in [0.5, 0.6) is 0 Å². The Morgan fingerprint density at radius 1 is 1.17 bits per heavy atom. The Morgan fingerprint density at radius 3 is 2.46 bits per heavy atom. The van der Waals surface area contributed by atoms with E-state index < -0.39 is 18.3 Å². The summed E-state index contributed by atoms with van der Waals surface area (Å²) in [5.74, 6) is -0.306. The van der Waals surface area contributed by atoms with Gasteiger partial charge in [-0.3, -0.25) is 4.98 Å². The van der Waals surface area contributed by atoms with Crippen LogP contribution < -0.4 is 5.32 Å². The molecule has 0 aliphatic carbocycles. The number of fused-ring (bicyclic) bond motifs is 1. The fourth-order valence-corrected chi connectivity index (χ4v) is 2.64. The smallest absolute Gasteiger partial charge is 0.390 e. The van der Waals surface area contributed by atoms with Gasteiger partial charge in [0.15, 0.2) is 5.60 Å². The van der Waals surface area contributed by atoms with Gasteiger partial charge in [0.1, 0.15) is 0 Å². The average Bonchev–Trinajstić information content (AvgIpc) is 2.50. The van der Waals surface area contributed by atoms with E-state index in [1.54, 1.807) is 44.2 Å². The summed E-state index contributed by atoms with van der Waals surface area (Å²) in [6, 6.07) is 8.30. The molecule has 132 valence electrons. The number of aliphatic hydroxyl groups is 2. The fourth-order valence-electron chi connectivity index (χ4n) is 2.64. The summed E-state index contributed by atoms with van der Waals surface area (Å²) in [7, 11) is 0. The van der Waals surface area contributed by atoms with Crippen molar-refractivity contribution >= 4 is 16.6 Å². The highest BCUT2D eigenvalue weighted by molar-refractivity contribution is 5.91. The number of alkyl halides is 3. The second-order valence-corrected chi connectivity index (χ2v) is 6.31. The zero-order valence-electron chi connectivity index (χ0n) is 13.6. The van der Waals surface area contributed by atoms with Gasteiger partial charge in [-0.05, 0) is 36.6 Å². The lowest BCUT2D eigenvalue weighted by Gasteiger charge is -2.32. The van der Waals surface area contributed by atoms with Crippen LogP contribution in [0, 0.1) is 5.92 Å². The summed E-state index contributed by atoms with van der Waals surface area (Å²) < 4.78 is 39.7. The molecule has 0 radical (unpaired) electrons. The molecular formula is C17H21F3N2O2. The lowest BCUT2D eigenvalue weighted by Crippen LogP contribution is -2.51. The molecule has 7 heteroatoms. The van der Waals surface area contributed by atoms with E-state index in [0.29, 0.717) is 22.3 Å². The van der Waals surface area contributed by atoms with Gasteiger partial charge in [-0.25, -0.2) is 0 Å². The van der Waals surface area contributed by atoms with Crippen molar-refractivity contribution < 1.29 is 23.4 Å². The van der Waals surface area contributed by atoms with Gasteiger partial charge < -0.3 is 15.5 Å². The van der Waals surface area contributed by atoms with Gasteiger partial charge in [0, 0.05) is 11.1 Å². The second kappa shape index (κ2) is 6.94. The monoisotopic (exact) mass is 342 g/mol. The Hall–Kier alpha value is -1.86. The van der Waals surface area contributed by atoms with Crippen LogP contribution in [0.1, 0.15) is 26.0 Å². The predicted molar refractivity (Wildman–Crippen MR) is 86.6 cm³/mol. The molecule has 1 atom stereocenters. The number of benzene rings is 1. The molecule has 1 heterocycles. The largest absolute Gasteiger partial charge is 0.418 e. The minimum Gasteiger partial charge on any atom is -0.390 e. The molecule has 1 unspecified atom stereocenters. The van der Waals surface area contributed by atoms with Crippen LogP contribution >= 0.6 is 0 Å². The van der Waals surface area contributed by atoms with E-state index in [4.69, 9.17) is 5.11 Å². The molecule has 3 N–H and O–H groups in total. The number of hydrogen-bond donors (Lipinski definition) is 3. The number of anilines is 1. The highest BCUT2D eigenvalue weighted by atomic mass is 19.4. The number of aliphatic hydroxyl groups excluding tert-OH is 1. The topological polar surface area (TPSA) is 65.4 Å². The molecule has 0 aliphatic rings. The molecule has 0 spiro atoms. The van der Waals surface area contributed by atoms with Crippen LogP contribution in [0.4, 0.5) is 18.9 Å². The number of aromatic nitrogens is 1. The molecule has 4 nitrogen and oxygen atoms in total. The zero-order valence-corrected chi connectivity index (χ0v) is 13.6. The highest BCUT2D eigenvalue weighted by Gasteiger charge is 2.53. The molecule has 0 fully saturated rings. The minimum atomic E-state index is -4.73. The Morgan fingerprint density at radius 2 is 1.88 bits per heavy atom. The summed E-state index contributed by atoms with van der Waals surface area (Å²) in [6.45, 7) is 2.41. The summed E-state index contributed by atoms with van der Waals surface area (Å²) in [4.78, 5) is 4.22. The van der Waals surface area contributed by atoms with Crippen LogP contribution in [0.15, 0.2) is 30.3 Å². The maximum atomic E-state index is 13.2. The summed E-state index contributed by atoms with van der Waals surface area (Å²) in [6.07, 6.45) is -5.11. The third-order valence-electron chi connectivity index (χ3n) is 3.80. The lowest BCUT2D eigenvalue weighted by molar-refractivity contribution is -0.259. The van der Waals surface area contributed by atoms with Crippen molar-refractivity contribution in [3.8, 4) is 0 Å². The molecule has 2 rings (SSSR count). The molecule has 1 aromatic carbocycles. The lowest BCUT2D eigenvalue weighted by atomic mass is 9.91. The van der Waals surface area contributed by atoms with Crippen LogP contribution in [0.3, 0.4) is 0 Å². The van der Waals surface area contributed by atoms with E-state index in [0.717, 1.165) is 0 Å². The first kappa shape index (κ1) is 18.5. The first-order valence-electron chi connectivity index (χ1n) is 7.69. The van der Waals surface area contributed by atoms with Gasteiger partial charge >= 0.3 is 6.18 Å². The molecule has 24 heavy (non-hydrogen) atoms. The van der Waals surface area contributed by atoms with Crippen molar-refractivity contribution in [2.24, 2.45) is 5.92 Å². The van der Waals surface area contributed by atoms with Crippen LogP contribution in [-0.4, -0.2) is 33.5 Å². The molecule has 0 saturated carbocycles. The standard InChI is InChI=1S/C17H21F3N2O2/c1-11(2)8-16(24,17(18,19)20)10-21-14-4-3-5-15-13(14)7-6-12(9-23)22-15/h3-7,11,21,23-24H,8-10H2,1-2H3. The molecular weight excluding hydrogens is 321 g/mol. The molecule has 0 aliphatic heterocycles. The number of pyridine rings is 1. The normalized spacial score (nSPS) is 14.8. The van der Waals surface area contributed by atoms with Gasteiger partial charge in [0.25, 0.3) is 0 Å². The molecule has 0 saturated heterocycles. The maximum absolute atomic E-state index is 13.2. The van der Waals surface area contributed by atoms with Crippen molar-refractivity contribution in [2.45, 2.75) is 38.7 Å². The Kier molecular flexibility index (Phi) is 5.35. The zero-order chi connectivity index (χ0) is 18.0. The van der Waals surface area contributed by atoms with E-state index in [9.17, 15) is 18.3 Å². The van der Waals surface area contributed by atoms with E-state index >= 15 is 0 Å². The Labute approximate surface area is 138 Å². The van der Waals surface area contributed by atoms with E-state index in [2.05, 4.69) is 10.3 Å². The first-order valence-corrected chi connectivity index (χ1v) is 7.69.